The molecule has 1 saturated heterocycles. The first-order chi connectivity index (χ1) is 17.5. The number of likely N-dealkylation sites (tertiary alicyclic amines) is 1. The number of piperidine rings is 1. The Morgan fingerprint density at radius 2 is 1.86 bits per heavy atom. The number of ether oxygens (including phenoxy) is 2. The van der Waals surface area contributed by atoms with Gasteiger partial charge in [0.05, 0.1) is 5.92 Å². The minimum Gasteiger partial charge on any atom is -0.454 e. The Hall–Kier alpha value is -3.99. The predicted octanol–water partition coefficient (Wildman–Crippen LogP) is 3.57. The van der Waals surface area contributed by atoms with Crippen molar-refractivity contribution in [1.29, 1.82) is 0 Å². The van der Waals surface area contributed by atoms with Crippen LogP contribution in [-0.4, -0.2) is 52.7 Å². The minimum absolute atomic E-state index is 0.0680. The molecule has 1 atom stereocenters. The molecule has 5 rings (SSSR count). The molecular weight excluding hydrogens is 482 g/mol. The monoisotopic (exact) mass is 507 g/mol. The molecule has 3 aromatic rings. The molecule has 186 valence electrons. The molecule has 0 saturated carbocycles. The van der Waals surface area contributed by atoms with E-state index in [0.29, 0.717) is 36.6 Å². The molecule has 0 bridgehead atoms. The summed E-state index contributed by atoms with van der Waals surface area (Å²) in [6.07, 6.45) is 2.21. The van der Waals surface area contributed by atoms with E-state index in [0.717, 1.165) is 29.0 Å². The number of nitrogens with zero attached hydrogens (tertiary/aromatic N) is 3. The number of amides is 3. The molecule has 11 heteroatoms. The number of carbonyl (C=O) groups is 3. The second kappa shape index (κ2) is 10.3. The Balaban J connectivity index is 1.21. The molecule has 10 nitrogen and oxygen atoms in total. The third-order valence-electron chi connectivity index (χ3n) is 6.17. The number of benzene rings is 2. The van der Waals surface area contributed by atoms with Crippen LogP contribution in [0, 0.1) is 5.92 Å². The first kappa shape index (κ1) is 23.7. The number of rotatable bonds is 6. The number of para-hydroxylation sites is 1. The summed E-state index contributed by atoms with van der Waals surface area (Å²) in [6, 6.07) is 12.8. The molecule has 1 aromatic heterocycles. The summed E-state index contributed by atoms with van der Waals surface area (Å²) in [4.78, 5) is 40.3. The highest BCUT2D eigenvalue weighted by Gasteiger charge is 2.31. The molecule has 1 unspecified atom stereocenters. The number of fused-ring (bicyclic) bond motifs is 1. The fourth-order valence-corrected chi connectivity index (χ4v) is 4.96. The van der Waals surface area contributed by atoms with Gasteiger partial charge >= 0.3 is 0 Å². The summed E-state index contributed by atoms with van der Waals surface area (Å²) in [5.41, 5.74) is 2.38. The Bertz CT molecular complexity index is 1310. The van der Waals surface area contributed by atoms with Crippen molar-refractivity contribution in [3.8, 4) is 11.5 Å². The van der Waals surface area contributed by atoms with E-state index in [1.165, 1.54) is 0 Å². The number of aromatic nitrogens is 2. The summed E-state index contributed by atoms with van der Waals surface area (Å²) in [6.45, 7) is 2.99. The van der Waals surface area contributed by atoms with Crippen molar-refractivity contribution < 1.29 is 23.9 Å². The van der Waals surface area contributed by atoms with Gasteiger partial charge in [-0.1, -0.05) is 36.5 Å². The number of nitrogens with one attached hydrogen (secondary N) is 2. The molecule has 1 fully saturated rings. The third-order valence-corrected chi connectivity index (χ3v) is 7.08. The molecule has 36 heavy (non-hydrogen) atoms. The van der Waals surface area contributed by atoms with E-state index in [-0.39, 0.29) is 41.1 Å². The van der Waals surface area contributed by atoms with E-state index in [1.807, 2.05) is 31.2 Å². The van der Waals surface area contributed by atoms with E-state index in [2.05, 4.69) is 20.8 Å². The van der Waals surface area contributed by atoms with Crippen molar-refractivity contribution in [2.24, 2.45) is 5.92 Å². The number of aryl methyl sites for hydroxylation is 1. The zero-order valence-electron chi connectivity index (χ0n) is 19.7. The lowest BCUT2D eigenvalue weighted by Crippen LogP contribution is -2.43. The maximum Gasteiger partial charge on any atom is 0.286 e. The first-order valence-electron chi connectivity index (χ1n) is 11.7. The lowest BCUT2D eigenvalue weighted by molar-refractivity contribution is -0.121. The van der Waals surface area contributed by atoms with Gasteiger partial charge in [0.1, 0.15) is 0 Å². The van der Waals surface area contributed by atoms with Crippen molar-refractivity contribution >= 4 is 40.4 Å². The highest BCUT2D eigenvalue weighted by molar-refractivity contribution is 7.15. The molecule has 2 N–H and O–H groups in total. The molecule has 0 radical (unpaired) electrons. The number of anilines is 2. The van der Waals surface area contributed by atoms with Crippen molar-refractivity contribution in [3.05, 3.63) is 58.0 Å². The number of hydrogen-bond acceptors (Lipinski definition) is 8. The van der Waals surface area contributed by atoms with Gasteiger partial charge in [0.15, 0.2) is 11.5 Å². The summed E-state index contributed by atoms with van der Waals surface area (Å²) in [5.74, 6) is -0.0801. The van der Waals surface area contributed by atoms with Gasteiger partial charge in [-0.3, -0.25) is 14.4 Å². The Morgan fingerprint density at radius 1 is 1.06 bits per heavy atom. The van der Waals surface area contributed by atoms with Gasteiger partial charge in [-0.2, -0.15) is 0 Å². The van der Waals surface area contributed by atoms with Crippen LogP contribution in [0.2, 0.25) is 0 Å². The van der Waals surface area contributed by atoms with E-state index < -0.39 is 5.91 Å². The zero-order valence-corrected chi connectivity index (χ0v) is 20.5. The van der Waals surface area contributed by atoms with Gasteiger partial charge in [-0.25, -0.2) is 0 Å². The van der Waals surface area contributed by atoms with Gasteiger partial charge in [0.25, 0.3) is 11.8 Å². The second-order valence-corrected chi connectivity index (χ2v) is 9.50. The molecule has 2 aliphatic rings. The Morgan fingerprint density at radius 3 is 2.72 bits per heavy atom. The topological polar surface area (TPSA) is 123 Å². The average molecular weight is 508 g/mol. The highest BCUT2D eigenvalue weighted by Crippen LogP contribution is 2.34. The van der Waals surface area contributed by atoms with Gasteiger partial charge in [0, 0.05) is 30.5 Å². The normalized spacial score (nSPS) is 16.5. The van der Waals surface area contributed by atoms with Crippen LogP contribution in [0.25, 0.3) is 0 Å². The van der Waals surface area contributed by atoms with Crippen LogP contribution in [0.5, 0.6) is 11.5 Å². The molecular formula is C25H25N5O5S. The predicted molar refractivity (Wildman–Crippen MR) is 134 cm³/mol. The summed E-state index contributed by atoms with van der Waals surface area (Å²) in [7, 11) is 0. The lowest BCUT2D eigenvalue weighted by atomic mass is 9.96. The molecule has 3 amide bonds. The Labute approximate surface area is 211 Å². The van der Waals surface area contributed by atoms with E-state index in [1.54, 1.807) is 23.1 Å². The average Bonchev–Trinajstić information content (AvgIpc) is 3.58. The van der Waals surface area contributed by atoms with Crippen LogP contribution in [0.15, 0.2) is 42.5 Å². The van der Waals surface area contributed by atoms with E-state index >= 15 is 0 Å². The highest BCUT2D eigenvalue weighted by atomic mass is 32.1. The lowest BCUT2D eigenvalue weighted by Gasteiger charge is -2.31. The number of hydrogen-bond donors (Lipinski definition) is 2. The molecule has 2 aromatic carbocycles. The van der Waals surface area contributed by atoms with Gasteiger partial charge in [-0.05, 0) is 43.0 Å². The standard InChI is InChI=1S/C25H25N5O5S/c1-2-15-6-3-4-8-18(15)27-21(31)16-7-5-11-30(13-16)25(33)24-29-28-23(36-24)22(32)26-17-9-10-19-20(12-17)35-14-34-19/h3-4,6,8-10,12,16H,2,5,7,11,13-14H2,1H3,(H,26,32)(H,27,31). The van der Waals surface area contributed by atoms with Crippen LogP contribution in [0.1, 0.15) is 44.9 Å². The van der Waals surface area contributed by atoms with E-state index in [9.17, 15) is 14.4 Å². The van der Waals surface area contributed by atoms with Crippen LogP contribution >= 0.6 is 11.3 Å². The van der Waals surface area contributed by atoms with Gasteiger partial charge < -0.3 is 25.0 Å². The fourth-order valence-electron chi connectivity index (χ4n) is 4.26. The smallest absolute Gasteiger partial charge is 0.286 e. The van der Waals surface area contributed by atoms with E-state index in [4.69, 9.17) is 9.47 Å². The molecule has 2 aliphatic heterocycles. The van der Waals surface area contributed by atoms with Crippen LogP contribution in [-0.2, 0) is 11.2 Å². The third kappa shape index (κ3) is 5.01. The second-order valence-electron chi connectivity index (χ2n) is 8.52. The molecule has 0 aliphatic carbocycles. The van der Waals surface area contributed by atoms with Crippen LogP contribution in [0.3, 0.4) is 0 Å². The largest absolute Gasteiger partial charge is 0.454 e. The minimum atomic E-state index is -0.476. The number of carbonyl (C=O) groups excluding carboxylic acids is 3. The SMILES string of the molecule is CCc1ccccc1NC(=O)C1CCCN(C(=O)c2nnc(C(=O)Nc3ccc4c(c3)OCO4)s2)C1. The van der Waals surface area contributed by atoms with Crippen LogP contribution in [0.4, 0.5) is 11.4 Å². The van der Waals surface area contributed by atoms with Crippen molar-refractivity contribution in [2.75, 3.05) is 30.5 Å². The molecule has 3 heterocycles. The summed E-state index contributed by atoms with van der Waals surface area (Å²) in [5, 5.41) is 13.8. The molecule has 0 spiro atoms. The first-order valence-corrected chi connectivity index (χ1v) is 12.6. The van der Waals surface area contributed by atoms with Crippen molar-refractivity contribution in [1.82, 2.24) is 15.1 Å². The van der Waals surface area contributed by atoms with Crippen molar-refractivity contribution in [2.45, 2.75) is 26.2 Å². The quantitative estimate of drug-likeness (QED) is 0.523. The summed E-state index contributed by atoms with van der Waals surface area (Å²) < 4.78 is 10.6. The maximum atomic E-state index is 13.1. The Kier molecular flexibility index (Phi) is 6.81. The van der Waals surface area contributed by atoms with Gasteiger partial charge in [-0.15, -0.1) is 10.2 Å². The van der Waals surface area contributed by atoms with Crippen LogP contribution < -0.4 is 20.1 Å². The fraction of sp³-hybridized carbons (Fsp3) is 0.320. The van der Waals surface area contributed by atoms with Crippen molar-refractivity contribution in [3.63, 3.8) is 0 Å². The zero-order chi connectivity index (χ0) is 25.1. The summed E-state index contributed by atoms with van der Waals surface area (Å²) >= 11 is 0.923. The van der Waals surface area contributed by atoms with Gasteiger partial charge in [0.2, 0.25) is 22.7 Å². The maximum absolute atomic E-state index is 13.1.